The maximum Gasteiger partial charge on any atom is 0.416 e. The Morgan fingerprint density at radius 2 is 0.917 bits per heavy atom. The van der Waals surface area contributed by atoms with E-state index in [0.717, 1.165) is 87.9 Å². The normalized spacial score (nSPS) is 16.5. The molecule has 22 nitrogen and oxygen atoms in total. The molecule has 6 N–H and O–H groups in total. The molecule has 0 unspecified atom stereocenters. The predicted octanol–water partition coefficient (Wildman–Crippen LogP) is 11.7. The van der Waals surface area contributed by atoms with E-state index in [1.807, 2.05) is 19.9 Å². The van der Waals surface area contributed by atoms with E-state index in [9.17, 15) is 52.8 Å². The van der Waals surface area contributed by atoms with Crippen LogP contribution in [0.15, 0.2) is 163 Å². The minimum Gasteiger partial charge on any atom is -0.376 e. The monoisotopic (exact) mass is 1360 g/mol. The molecule has 1 saturated carbocycles. The first-order valence-corrected chi connectivity index (χ1v) is 34.1. The highest BCUT2D eigenvalue weighted by Crippen LogP contribution is 2.34. The molecule has 4 aromatic carbocycles. The molecule has 13 rings (SSSR count). The molecule has 2 aliphatic heterocycles. The number of hydrogen-bond acceptors (Lipinski definition) is 17. The molecular formula is C66H70F6N16O6S2. The van der Waals surface area contributed by atoms with Crippen molar-refractivity contribution in [2.45, 2.75) is 112 Å². The number of piperidine rings is 2. The van der Waals surface area contributed by atoms with Crippen molar-refractivity contribution in [1.82, 2.24) is 52.6 Å². The number of alkyl halides is 6. The Kier molecular flexibility index (Phi) is 20.4. The van der Waals surface area contributed by atoms with Gasteiger partial charge in [-0.15, -0.1) is 0 Å². The van der Waals surface area contributed by atoms with Crippen LogP contribution >= 0.6 is 0 Å². The Labute approximate surface area is 549 Å². The fourth-order valence-electron chi connectivity index (χ4n) is 11.8. The fraction of sp³-hybridized carbons (Fsp3) is 0.333. The van der Waals surface area contributed by atoms with Crippen LogP contribution in [0.5, 0.6) is 0 Å². The average molecular weight is 1360 g/mol. The first-order chi connectivity index (χ1) is 46.0. The zero-order valence-electron chi connectivity index (χ0n) is 52.3. The van der Waals surface area contributed by atoms with E-state index < -0.39 is 43.5 Å². The van der Waals surface area contributed by atoms with Crippen LogP contribution in [0.4, 0.5) is 55.2 Å². The summed E-state index contributed by atoms with van der Waals surface area (Å²) in [7, 11) is -7.56. The van der Waals surface area contributed by atoms with Gasteiger partial charge in [0.15, 0.2) is 11.3 Å². The van der Waals surface area contributed by atoms with Crippen molar-refractivity contribution in [3.8, 4) is 0 Å². The fourth-order valence-corrected chi connectivity index (χ4v) is 14.4. The van der Waals surface area contributed by atoms with Crippen LogP contribution in [0.3, 0.4) is 0 Å². The van der Waals surface area contributed by atoms with Gasteiger partial charge in [-0.1, -0.05) is 66.8 Å². The average Bonchev–Trinajstić information content (AvgIpc) is 1.59. The number of anilines is 5. The van der Waals surface area contributed by atoms with Gasteiger partial charge in [0, 0.05) is 74.3 Å². The quantitative estimate of drug-likeness (QED) is 0.0491. The number of halogens is 6. The summed E-state index contributed by atoms with van der Waals surface area (Å²) in [5.41, 5.74) is 2.27. The lowest BCUT2D eigenvalue weighted by molar-refractivity contribution is -0.138. The van der Waals surface area contributed by atoms with Crippen LogP contribution in [0.25, 0.3) is 33.1 Å². The van der Waals surface area contributed by atoms with Crippen LogP contribution in [-0.2, 0) is 42.0 Å². The van der Waals surface area contributed by atoms with Gasteiger partial charge in [0.05, 0.1) is 50.2 Å². The first kappa shape index (κ1) is 67.6. The lowest BCUT2D eigenvalue weighted by Crippen LogP contribution is -2.47. The molecule has 0 bridgehead atoms. The van der Waals surface area contributed by atoms with E-state index in [2.05, 4.69) is 61.5 Å². The molecule has 8 heterocycles. The summed E-state index contributed by atoms with van der Waals surface area (Å²) in [6.45, 7) is 5.58. The molecule has 96 heavy (non-hydrogen) atoms. The second kappa shape index (κ2) is 29.0. The molecule has 2 amide bonds. The van der Waals surface area contributed by atoms with Crippen LogP contribution in [0, 0.1) is 13.8 Å². The number of aryl methyl sites for hydroxylation is 2. The van der Waals surface area contributed by atoms with Crippen molar-refractivity contribution in [3.05, 3.63) is 175 Å². The maximum atomic E-state index is 13.2. The Morgan fingerprint density at radius 3 is 1.36 bits per heavy atom. The number of likely N-dealkylation sites (tertiary alicyclic amines) is 2. The number of carbonyl (C=O) groups is 2. The minimum atomic E-state index is -4.47. The van der Waals surface area contributed by atoms with Crippen molar-refractivity contribution in [1.29, 1.82) is 0 Å². The van der Waals surface area contributed by atoms with Gasteiger partial charge in [-0.25, -0.2) is 54.7 Å². The molecule has 30 heteroatoms. The van der Waals surface area contributed by atoms with Gasteiger partial charge >= 0.3 is 12.4 Å². The summed E-state index contributed by atoms with van der Waals surface area (Å²) in [5, 5.41) is 17.9. The van der Waals surface area contributed by atoms with Gasteiger partial charge in [-0.3, -0.25) is 9.59 Å². The topological polar surface area (TPSA) is 272 Å². The number of rotatable bonds is 16. The number of aromatic amines is 1. The molecule has 3 aliphatic rings. The first-order valence-electron chi connectivity index (χ1n) is 31.2. The molecule has 0 spiro atoms. The molecule has 2 atom stereocenters. The van der Waals surface area contributed by atoms with Gasteiger partial charge in [0.25, 0.3) is 20.0 Å². The van der Waals surface area contributed by atoms with E-state index in [4.69, 9.17) is 0 Å². The second-order valence-electron chi connectivity index (χ2n) is 23.7. The zero-order chi connectivity index (χ0) is 67.8. The molecule has 504 valence electrons. The number of nitrogens with zero attached hydrogens (tertiary/aromatic N) is 10. The third kappa shape index (κ3) is 16.1. The number of benzene rings is 4. The Bertz CT molecular complexity index is 4600. The zero-order valence-corrected chi connectivity index (χ0v) is 53.9. The van der Waals surface area contributed by atoms with E-state index in [1.165, 1.54) is 72.7 Å². The summed E-state index contributed by atoms with van der Waals surface area (Å²) in [6.07, 6.45) is 9.23. The molecule has 10 aromatic rings. The highest BCUT2D eigenvalue weighted by atomic mass is 32.2. The van der Waals surface area contributed by atoms with Gasteiger partial charge in [-0.05, 0) is 131 Å². The molecular weight excluding hydrogens is 1290 g/mol. The van der Waals surface area contributed by atoms with E-state index in [0.29, 0.717) is 67.1 Å². The summed E-state index contributed by atoms with van der Waals surface area (Å²) in [5.74, 6) is 1.46. The number of hydrogen-bond donors (Lipinski definition) is 6. The molecule has 6 aromatic heterocycles. The Hall–Kier alpha value is -9.84. The van der Waals surface area contributed by atoms with Crippen LogP contribution in [-0.4, -0.2) is 139 Å². The standard InChI is InChI=1S/C27H27F3N6O3S.C20H21F3N6O.C19H22N4O2S/c1-18-7-9-22(10-8-18)40(38,39)36-13-11-23-25(32-17-33-26(23)36)34-21-6-3-12-35(16-21)24(37)15-31-20-5-2-4-19(14-20)27(28,29)30;21-20(22,23)13-3-1-4-14(9-13)25-10-17(30)29-8-2-5-15(11-29)28-19-16-6-7-24-18(16)26-12-27-19;1-14-7-9-16(10-8-14)26(24,25)23-12-11-17-18(20-13-21-19(17)23)22-15-5-3-2-4-6-15/h2,4-5,7-11,13-14,17,21,31H,3,6,12,15-16H2,1H3,(H,32,33,34);1,3-4,6-7,9,12,15,25H,2,5,8,10-11H2,(H2,24,26,27,28);7-13,15H,2-6H2,1H3,(H,20,21,22)/t21-;15-;/m00./s1. The summed E-state index contributed by atoms with van der Waals surface area (Å²) in [6, 6.07) is 28.5. The van der Waals surface area contributed by atoms with Crippen molar-refractivity contribution in [2.24, 2.45) is 0 Å². The van der Waals surface area contributed by atoms with Gasteiger partial charge in [0.1, 0.15) is 42.1 Å². The number of aromatic nitrogens is 9. The molecule has 2 saturated heterocycles. The minimum absolute atomic E-state index is 0.0317. The van der Waals surface area contributed by atoms with Crippen molar-refractivity contribution >= 4 is 93.8 Å². The van der Waals surface area contributed by atoms with Crippen molar-refractivity contribution in [2.75, 3.05) is 65.9 Å². The predicted molar refractivity (Wildman–Crippen MR) is 353 cm³/mol. The summed E-state index contributed by atoms with van der Waals surface area (Å²) in [4.78, 5) is 57.8. The number of carbonyl (C=O) groups excluding carboxylic acids is 2. The highest BCUT2D eigenvalue weighted by Gasteiger charge is 2.33. The van der Waals surface area contributed by atoms with Crippen LogP contribution < -0.4 is 26.6 Å². The van der Waals surface area contributed by atoms with Gasteiger partial charge in [-0.2, -0.15) is 26.3 Å². The van der Waals surface area contributed by atoms with E-state index >= 15 is 0 Å². The number of fused-ring (bicyclic) bond motifs is 3. The van der Waals surface area contributed by atoms with Crippen molar-refractivity contribution in [3.63, 3.8) is 0 Å². The Morgan fingerprint density at radius 1 is 0.500 bits per heavy atom. The maximum absolute atomic E-state index is 13.2. The smallest absolute Gasteiger partial charge is 0.376 e. The van der Waals surface area contributed by atoms with E-state index in [1.54, 1.807) is 82.9 Å². The van der Waals surface area contributed by atoms with Crippen LogP contribution in [0.1, 0.15) is 80.0 Å². The van der Waals surface area contributed by atoms with Crippen molar-refractivity contribution < 1.29 is 52.8 Å². The lowest BCUT2D eigenvalue weighted by atomic mass is 9.95. The SMILES string of the molecule is Cc1ccc(S(=O)(=O)n2ccc3c(NC4CCCCC4)ncnc32)cc1.Cc1ccc(S(=O)(=O)n2ccc3c(N[C@H]4CCCN(C(=O)CNc5cccc(C(F)(F)F)c5)C4)ncnc32)cc1.O=C(CNc1cccc(C(F)(F)F)c1)N1CCC[C@H](Nc2ncnc3[nH]ccc23)C1. The molecule has 1 aliphatic carbocycles. The van der Waals surface area contributed by atoms with Gasteiger partial charge < -0.3 is 41.4 Å². The lowest BCUT2D eigenvalue weighted by Gasteiger charge is -2.33. The van der Waals surface area contributed by atoms with Gasteiger partial charge in [0.2, 0.25) is 11.8 Å². The molecule has 3 fully saturated rings. The second-order valence-corrected chi connectivity index (χ2v) is 27.4. The van der Waals surface area contributed by atoms with E-state index in [-0.39, 0.29) is 63.8 Å². The number of amides is 2. The van der Waals surface area contributed by atoms with Crippen LogP contribution in [0.2, 0.25) is 0 Å². The number of H-pyrrole nitrogens is 1. The number of nitrogens with one attached hydrogen (secondary N) is 6. The Balaban J connectivity index is 0.000000150. The summed E-state index contributed by atoms with van der Waals surface area (Å²) >= 11 is 0. The summed E-state index contributed by atoms with van der Waals surface area (Å²) < 4.78 is 132. The largest absolute Gasteiger partial charge is 0.416 e. The third-order valence-electron chi connectivity index (χ3n) is 16.8. The highest BCUT2D eigenvalue weighted by molar-refractivity contribution is 7.90. The third-order valence-corrected chi connectivity index (χ3v) is 20.2. The molecule has 0 radical (unpaired) electrons.